The summed E-state index contributed by atoms with van der Waals surface area (Å²) in [5.74, 6) is 0. The van der Waals surface area contributed by atoms with Crippen molar-refractivity contribution < 1.29 is 9.90 Å². The molecule has 3 aromatic rings. The molecule has 0 amide bonds. The molecule has 1 heterocycles. The minimum Gasteiger partial charge on any atom is -0.385 e. The third-order valence-corrected chi connectivity index (χ3v) is 8.34. The smallest absolute Gasteiger partial charge is 0.385 e. The second kappa shape index (κ2) is 8.46. The Morgan fingerprint density at radius 2 is 1.53 bits per heavy atom. The van der Waals surface area contributed by atoms with Gasteiger partial charge in [0, 0.05) is 17.2 Å². The van der Waals surface area contributed by atoms with E-state index in [2.05, 4.69) is 49.3 Å². The summed E-state index contributed by atoms with van der Waals surface area (Å²) >= 11 is 0. The van der Waals surface area contributed by atoms with Gasteiger partial charge >= 0.3 is 5.12 Å². The van der Waals surface area contributed by atoms with Crippen molar-refractivity contribution >= 4 is 15.6 Å². The number of aliphatic hydroxyl groups is 1. The van der Waals surface area contributed by atoms with Gasteiger partial charge in [-0.25, -0.2) is 4.79 Å². The Labute approximate surface area is 182 Å². The van der Waals surface area contributed by atoms with E-state index >= 15 is 0 Å². The number of benzene rings is 2. The van der Waals surface area contributed by atoms with Crippen LogP contribution in [0.3, 0.4) is 0 Å². The number of thiophene rings is 1. The van der Waals surface area contributed by atoms with Gasteiger partial charge in [0.25, 0.3) is 0 Å². The van der Waals surface area contributed by atoms with Crippen molar-refractivity contribution in [2.75, 3.05) is 14.1 Å². The molecule has 0 saturated heterocycles. The Kier molecular flexibility index (Phi) is 5.92. The lowest BCUT2D eigenvalue weighted by atomic mass is 9.69. The maximum atomic E-state index is 12.8. The van der Waals surface area contributed by atoms with Gasteiger partial charge in [-0.3, -0.25) is 0 Å². The first-order chi connectivity index (χ1) is 14.4. The first-order valence-electron chi connectivity index (χ1n) is 10.6. The lowest BCUT2D eigenvalue weighted by molar-refractivity contribution is -0.0484. The van der Waals surface area contributed by atoms with Crippen LogP contribution in [-0.4, -0.2) is 34.8 Å². The van der Waals surface area contributed by atoms with Crippen molar-refractivity contribution in [3.63, 3.8) is 0 Å². The van der Waals surface area contributed by atoms with Gasteiger partial charge in [-0.15, -0.1) is 0 Å². The number of nitrogens with zero attached hydrogens (tertiary/aromatic N) is 1. The summed E-state index contributed by atoms with van der Waals surface area (Å²) in [7, 11) is 3.71. The first-order valence-corrected chi connectivity index (χ1v) is 11.9. The Balaban J connectivity index is 1.51. The Morgan fingerprint density at radius 1 is 0.933 bits per heavy atom. The van der Waals surface area contributed by atoms with Gasteiger partial charge in [-0.2, -0.15) is 0 Å². The second-order valence-electron chi connectivity index (χ2n) is 8.71. The quantitative estimate of drug-likeness (QED) is 0.541. The van der Waals surface area contributed by atoms with Crippen molar-refractivity contribution in [2.24, 2.45) is 0 Å². The van der Waals surface area contributed by atoms with Gasteiger partial charge in [0.15, 0.2) is 5.38 Å². The molecule has 1 aliphatic carbocycles. The first kappa shape index (κ1) is 21.0. The summed E-state index contributed by atoms with van der Waals surface area (Å²) in [6.45, 7) is 0. The van der Waals surface area contributed by atoms with Gasteiger partial charge in [-0.05, 0) is 63.9 Å². The van der Waals surface area contributed by atoms with E-state index < -0.39 is 16.1 Å². The zero-order valence-electron chi connectivity index (χ0n) is 17.8. The van der Waals surface area contributed by atoms with Crippen LogP contribution in [-0.2, 0) is 12.0 Å². The maximum Gasteiger partial charge on any atom is 0.386 e. The molecule has 1 saturated carbocycles. The molecule has 0 spiro atoms. The van der Waals surface area contributed by atoms with E-state index in [4.69, 9.17) is 0 Å². The highest BCUT2D eigenvalue weighted by Gasteiger charge is 2.45. The van der Waals surface area contributed by atoms with E-state index in [-0.39, 0.29) is 10.7 Å². The van der Waals surface area contributed by atoms with E-state index in [1.165, 1.54) is 5.56 Å². The largest absolute Gasteiger partial charge is 0.386 e. The molecule has 1 aromatic heterocycles. The Morgan fingerprint density at radius 3 is 2.13 bits per heavy atom. The van der Waals surface area contributed by atoms with E-state index in [1.54, 1.807) is 0 Å². The minimum absolute atomic E-state index is 0.0536. The zero-order chi connectivity index (χ0) is 21.2. The number of carbonyl (C=O) groups is 1. The summed E-state index contributed by atoms with van der Waals surface area (Å²) < 4.78 is 0. The molecule has 1 unspecified atom stereocenters. The highest BCUT2D eigenvalue weighted by Crippen LogP contribution is 2.46. The number of hydrogen-bond acceptors (Lipinski definition) is 3. The van der Waals surface area contributed by atoms with Crippen LogP contribution in [0.5, 0.6) is 0 Å². The van der Waals surface area contributed by atoms with Crippen molar-refractivity contribution in [1.29, 1.82) is 0 Å². The van der Waals surface area contributed by atoms with E-state index in [0.717, 1.165) is 30.4 Å². The number of carbonyl (C=O) groups excluding carboxylic acids is 1. The normalized spacial score (nSPS) is 24.7. The molecule has 0 aliphatic heterocycles. The molecule has 2 aromatic carbocycles. The van der Waals surface area contributed by atoms with Crippen LogP contribution in [0.2, 0.25) is 0 Å². The van der Waals surface area contributed by atoms with Crippen molar-refractivity contribution in [3.8, 4) is 0 Å². The average molecular weight is 421 g/mol. The molecular formula is C26H30NO2S+. The van der Waals surface area contributed by atoms with Crippen molar-refractivity contribution in [3.05, 3.63) is 94.2 Å². The molecule has 30 heavy (non-hydrogen) atoms. The summed E-state index contributed by atoms with van der Waals surface area (Å²) in [6.07, 6.45) is 4.27. The minimum atomic E-state index is -0.842. The fraction of sp³-hybridized carbons (Fsp3) is 0.346. The van der Waals surface area contributed by atoms with Crippen molar-refractivity contribution in [2.45, 2.75) is 43.2 Å². The molecule has 4 rings (SSSR count). The van der Waals surface area contributed by atoms with Crippen LogP contribution in [0.25, 0.3) is 0 Å². The SMILES string of the molecule is CN(C)C1(Cc2ccccc2)CCC(O)(c2cc[s+](C(=O)c3ccccc3)c2)CC1. The fourth-order valence-corrected chi connectivity index (χ4v) is 6.21. The molecule has 0 bridgehead atoms. The maximum absolute atomic E-state index is 12.8. The Bertz CT molecular complexity index is 986. The average Bonchev–Trinajstić information content (AvgIpc) is 3.27. The molecule has 156 valence electrons. The van der Waals surface area contributed by atoms with Crippen LogP contribution in [0.1, 0.15) is 47.2 Å². The highest BCUT2D eigenvalue weighted by molar-refractivity contribution is 7.50. The third kappa shape index (κ3) is 4.13. The van der Waals surface area contributed by atoms with Crippen LogP contribution in [0, 0.1) is 0 Å². The third-order valence-electron chi connectivity index (χ3n) is 6.74. The summed E-state index contributed by atoms with van der Waals surface area (Å²) in [6, 6.07) is 22.0. The van der Waals surface area contributed by atoms with E-state index in [0.29, 0.717) is 12.8 Å². The predicted molar refractivity (Wildman–Crippen MR) is 124 cm³/mol. The summed E-state index contributed by atoms with van der Waals surface area (Å²) in [5.41, 5.74) is 2.20. The highest BCUT2D eigenvalue weighted by atomic mass is 32.2. The molecule has 1 N–H and O–H groups in total. The van der Waals surface area contributed by atoms with Crippen molar-refractivity contribution in [1.82, 2.24) is 4.90 Å². The van der Waals surface area contributed by atoms with Gasteiger partial charge in [0.2, 0.25) is 0 Å². The van der Waals surface area contributed by atoms with Gasteiger partial charge in [0.1, 0.15) is 5.38 Å². The van der Waals surface area contributed by atoms with Gasteiger partial charge in [0.05, 0.1) is 21.6 Å². The van der Waals surface area contributed by atoms with Gasteiger partial charge < -0.3 is 10.0 Å². The molecule has 0 radical (unpaired) electrons. The Hall–Kier alpha value is -2.27. The summed E-state index contributed by atoms with van der Waals surface area (Å²) in [4.78, 5) is 15.1. The van der Waals surface area contributed by atoms with E-state index in [1.807, 2.05) is 47.2 Å². The summed E-state index contributed by atoms with van der Waals surface area (Å²) in [5, 5.41) is 15.5. The number of hydrogen-bond donors (Lipinski definition) is 1. The molecule has 1 fully saturated rings. The lowest BCUT2D eigenvalue weighted by Gasteiger charge is -2.48. The van der Waals surface area contributed by atoms with Crippen LogP contribution in [0.4, 0.5) is 0 Å². The molecule has 4 heteroatoms. The second-order valence-corrected chi connectivity index (χ2v) is 10.3. The molecule has 3 nitrogen and oxygen atoms in total. The monoisotopic (exact) mass is 420 g/mol. The van der Waals surface area contributed by atoms with E-state index in [9.17, 15) is 9.90 Å². The van der Waals surface area contributed by atoms with Crippen LogP contribution >= 0.6 is 10.5 Å². The van der Waals surface area contributed by atoms with Gasteiger partial charge in [-0.1, -0.05) is 48.5 Å². The number of likely N-dealkylation sites (N-methyl/N-ethyl adjacent to an activating group) is 1. The predicted octanol–water partition coefficient (Wildman–Crippen LogP) is 5.43. The molecule has 1 aliphatic rings. The number of rotatable bonds is 6. The van der Waals surface area contributed by atoms with Crippen LogP contribution in [0.15, 0.2) is 77.5 Å². The molecule has 1 atom stereocenters. The zero-order valence-corrected chi connectivity index (χ0v) is 18.6. The standard InChI is InChI=1S/C26H30NO2S/c1-27(2)25(19-21-9-5-3-6-10-21)14-16-26(29,17-15-25)23-13-18-30(20-23)24(28)22-11-7-4-8-12-22/h3-13,18,20,29H,14-17,19H2,1-2H3/q+1. The lowest BCUT2D eigenvalue weighted by Crippen LogP contribution is -2.51. The van der Waals surface area contributed by atoms with Crippen LogP contribution < -0.4 is 0 Å². The fourth-order valence-electron chi connectivity index (χ4n) is 4.63. The molecular weight excluding hydrogens is 390 g/mol. The topological polar surface area (TPSA) is 40.5 Å².